The number of benzene rings is 4. The summed E-state index contributed by atoms with van der Waals surface area (Å²) in [6, 6.07) is 26.2. The van der Waals surface area contributed by atoms with Crippen molar-refractivity contribution in [3.8, 4) is 22.8 Å². The molecule has 2 aliphatic carbocycles. The zero-order chi connectivity index (χ0) is 27.5. The van der Waals surface area contributed by atoms with E-state index in [1.807, 2.05) is 60.7 Å². The summed E-state index contributed by atoms with van der Waals surface area (Å²) in [5.41, 5.74) is 6.52. The smallest absolute Gasteiger partial charge is 0.121 e. The van der Waals surface area contributed by atoms with Gasteiger partial charge in [-0.1, -0.05) is 55.3 Å². The van der Waals surface area contributed by atoms with Crippen LogP contribution in [-0.2, 0) is 0 Å². The van der Waals surface area contributed by atoms with Gasteiger partial charge in [0.2, 0.25) is 0 Å². The molecule has 3 aliphatic rings. The highest BCUT2D eigenvalue weighted by molar-refractivity contribution is 6.30. The van der Waals surface area contributed by atoms with Gasteiger partial charge in [0.1, 0.15) is 5.75 Å². The fourth-order valence-corrected chi connectivity index (χ4v) is 5.78. The van der Waals surface area contributed by atoms with E-state index >= 15 is 0 Å². The molecule has 0 unspecified atom stereocenters. The summed E-state index contributed by atoms with van der Waals surface area (Å²) in [7, 11) is 1.67. The molecule has 5 nitrogen and oxygen atoms in total. The quantitative estimate of drug-likeness (QED) is 0.214. The van der Waals surface area contributed by atoms with Crippen molar-refractivity contribution >= 4 is 45.6 Å². The molecule has 204 valence electrons. The average Bonchev–Trinajstić information content (AvgIpc) is 2.95. The Bertz CT molecular complexity index is 1650. The molecular formula is C33H32Cl2N4O. The van der Waals surface area contributed by atoms with E-state index in [-0.39, 0.29) is 0 Å². The van der Waals surface area contributed by atoms with E-state index in [0.29, 0.717) is 16.1 Å². The Balaban J connectivity index is 1.60. The van der Waals surface area contributed by atoms with Crippen molar-refractivity contribution in [2.75, 3.05) is 12.4 Å². The Morgan fingerprint density at radius 1 is 0.825 bits per heavy atom. The van der Waals surface area contributed by atoms with Crippen molar-refractivity contribution in [3.63, 3.8) is 0 Å². The van der Waals surface area contributed by atoms with Crippen LogP contribution >= 0.6 is 23.2 Å². The number of rotatable bonds is 5. The molecule has 0 radical (unpaired) electrons. The third-order valence-corrected chi connectivity index (χ3v) is 8.11. The van der Waals surface area contributed by atoms with E-state index in [0.717, 1.165) is 63.4 Å². The summed E-state index contributed by atoms with van der Waals surface area (Å²) >= 11 is 12.4. The number of nitrogens with one attached hydrogen (secondary N) is 1. The van der Waals surface area contributed by atoms with Crippen molar-refractivity contribution in [3.05, 3.63) is 94.3 Å². The van der Waals surface area contributed by atoms with Gasteiger partial charge < -0.3 is 14.6 Å². The van der Waals surface area contributed by atoms with Gasteiger partial charge in [-0.3, -0.25) is 4.99 Å². The van der Waals surface area contributed by atoms with Crippen molar-refractivity contribution in [2.24, 2.45) is 4.99 Å². The number of fused-ring (bicyclic) bond motifs is 2. The summed E-state index contributed by atoms with van der Waals surface area (Å²) in [5, 5.41) is 5.94. The van der Waals surface area contributed by atoms with Crippen LogP contribution in [0.2, 0.25) is 10.0 Å². The Morgan fingerprint density at radius 3 is 2.20 bits per heavy atom. The maximum atomic E-state index is 6.27. The van der Waals surface area contributed by atoms with Gasteiger partial charge in [-0.15, -0.1) is 0 Å². The molecule has 1 heterocycles. The van der Waals surface area contributed by atoms with Gasteiger partial charge in [0.15, 0.2) is 0 Å². The number of ether oxygens (including phenoxy) is 1. The highest BCUT2D eigenvalue weighted by Crippen LogP contribution is 2.33. The highest BCUT2D eigenvalue weighted by Gasteiger charge is 2.18. The molecule has 3 aromatic rings. The van der Waals surface area contributed by atoms with Crippen LogP contribution in [0.5, 0.6) is 5.75 Å². The van der Waals surface area contributed by atoms with Crippen LogP contribution in [0.15, 0.2) is 83.9 Å². The van der Waals surface area contributed by atoms with Crippen LogP contribution in [0, 0.1) is 0 Å². The number of methoxy groups -OCH3 is 1. The van der Waals surface area contributed by atoms with Crippen LogP contribution < -0.4 is 15.4 Å². The third kappa shape index (κ3) is 5.81. The lowest BCUT2D eigenvalue weighted by molar-refractivity contribution is 0.415. The van der Waals surface area contributed by atoms with Crippen molar-refractivity contribution < 1.29 is 4.74 Å². The van der Waals surface area contributed by atoms with Gasteiger partial charge in [-0.05, 0) is 85.6 Å². The molecule has 0 amide bonds. The van der Waals surface area contributed by atoms with Crippen LogP contribution in [-0.4, -0.2) is 22.7 Å². The summed E-state index contributed by atoms with van der Waals surface area (Å²) in [6.45, 7) is 0. The lowest BCUT2D eigenvalue weighted by Crippen LogP contribution is -2.19. The number of aromatic nitrogens is 2. The van der Waals surface area contributed by atoms with Gasteiger partial charge in [0.05, 0.1) is 46.6 Å². The van der Waals surface area contributed by atoms with E-state index < -0.39 is 0 Å². The van der Waals surface area contributed by atoms with Gasteiger partial charge in [-0.25, -0.2) is 4.98 Å². The number of hydrogen-bond donors (Lipinski definition) is 1. The predicted octanol–water partition coefficient (Wildman–Crippen LogP) is 9.20. The molecule has 3 aromatic carbocycles. The van der Waals surface area contributed by atoms with Gasteiger partial charge in [-0.2, -0.15) is 0 Å². The summed E-state index contributed by atoms with van der Waals surface area (Å²) in [6.07, 6.45) is 8.58. The van der Waals surface area contributed by atoms with Gasteiger partial charge in [0.25, 0.3) is 0 Å². The molecule has 7 heteroatoms. The second kappa shape index (κ2) is 11.9. The van der Waals surface area contributed by atoms with Crippen LogP contribution in [0.25, 0.3) is 28.1 Å². The van der Waals surface area contributed by atoms with Crippen LogP contribution in [0.1, 0.15) is 44.9 Å². The molecule has 0 bridgehead atoms. The van der Waals surface area contributed by atoms with E-state index in [9.17, 15) is 0 Å². The topological polar surface area (TPSA) is 51.4 Å². The highest BCUT2D eigenvalue weighted by atomic mass is 35.5. The molecule has 6 rings (SSSR count). The second-order valence-electron chi connectivity index (χ2n) is 10.4. The first-order valence-electron chi connectivity index (χ1n) is 13.9. The minimum atomic E-state index is 0.296. The maximum Gasteiger partial charge on any atom is 0.121 e. The minimum absolute atomic E-state index is 0.296. The zero-order valence-electron chi connectivity index (χ0n) is 22.5. The Labute approximate surface area is 244 Å². The first-order chi connectivity index (χ1) is 19.6. The largest absolute Gasteiger partial charge is 0.497 e. The molecular weight excluding hydrogens is 539 g/mol. The maximum absolute atomic E-state index is 6.27. The number of hydrogen-bond acceptors (Lipinski definition) is 4. The SMILES string of the molecule is COc1ccc2c(c1)nc1cc(Nc3ccc(Cl)cc3)c(=NC3CCCCCCC3)cc-1n2-c1ccc(Cl)cc1. The zero-order valence-corrected chi connectivity index (χ0v) is 24.1. The average molecular weight is 572 g/mol. The molecule has 40 heavy (non-hydrogen) atoms. The normalized spacial score (nSPS) is 15.2. The Morgan fingerprint density at radius 2 is 1.50 bits per heavy atom. The van der Waals surface area contributed by atoms with Gasteiger partial charge >= 0.3 is 0 Å². The third-order valence-electron chi connectivity index (χ3n) is 7.60. The Kier molecular flexibility index (Phi) is 7.94. The molecule has 0 atom stereocenters. The van der Waals surface area contributed by atoms with Crippen molar-refractivity contribution in [1.29, 1.82) is 0 Å². The fraction of sp³-hybridized carbons (Fsp3) is 0.273. The van der Waals surface area contributed by atoms with Crippen molar-refractivity contribution in [1.82, 2.24) is 9.55 Å². The summed E-state index contributed by atoms with van der Waals surface area (Å²) in [5.74, 6) is 0.762. The van der Waals surface area contributed by atoms with E-state index in [2.05, 4.69) is 28.1 Å². The monoisotopic (exact) mass is 570 g/mol. The van der Waals surface area contributed by atoms with E-state index in [1.165, 1.54) is 32.1 Å². The first-order valence-corrected chi connectivity index (χ1v) is 14.7. The van der Waals surface area contributed by atoms with Crippen LogP contribution in [0.4, 0.5) is 11.4 Å². The number of halogens is 2. The van der Waals surface area contributed by atoms with Crippen molar-refractivity contribution in [2.45, 2.75) is 51.0 Å². The lowest BCUT2D eigenvalue weighted by atomic mass is 9.97. The molecule has 1 saturated carbocycles. The predicted molar refractivity (Wildman–Crippen MR) is 166 cm³/mol. The molecule has 0 aromatic heterocycles. The Hall–Kier alpha value is -3.54. The fourth-order valence-electron chi connectivity index (χ4n) is 5.53. The first kappa shape index (κ1) is 26.7. The van der Waals surface area contributed by atoms with Gasteiger partial charge in [0, 0.05) is 27.5 Å². The molecule has 1 N–H and O–H groups in total. The summed E-state index contributed by atoms with van der Waals surface area (Å²) in [4.78, 5) is 10.5. The van der Waals surface area contributed by atoms with E-state index in [1.54, 1.807) is 7.11 Å². The van der Waals surface area contributed by atoms with Crippen LogP contribution in [0.3, 0.4) is 0 Å². The summed E-state index contributed by atoms with van der Waals surface area (Å²) < 4.78 is 7.76. The lowest BCUT2D eigenvalue weighted by Gasteiger charge is -2.21. The van der Waals surface area contributed by atoms with E-state index in [4.69, 9.17) is 37.9 Å². The standard InChI is InChI=1S/C33H32Cl2N4O/c1-40-27-17-18-32-30(19-27)38-31-20-28(37-25-13-9-22(34)10-14-25)29(36-24-7-5-3-2-4-6-8-24)21-33(31)39(32)26-15-11-23(35)12-16-26/h9-21,24,37H,2-8H2,1H3. The number of anilines is 2. The molecule has 0 spiro atoms. The number of nitrogens with zero attached hydrogens (tertiary/aromatic N) is 3. The molecule has 1 aliphatic heterocycles. The minimum Gasteiger partial charge on any atom is -0.497 e. The second-order valence-corrected chi connectivity index (χ2v) is 11.3. The molecule has 1 fully saturated rings. The molecule has 0 saturated heterocycles.